The van der Waals surface area contributed by atoms with Crippen molar-refractivity contribution in [2.75, 3.05) is 34.4 Å². The zero-order chi connectivity index (χ0) is 41.8. The fourth-order valence-electron chi connectivity index (χ4n) is 9.29. The number of aliphatic hydroxyl groups is 2. The number of aliphatic hydroxyl groups excluding tert-OH is 2. The summed E-state index contributed by atoms with van der Waals surface area (Å²) in [7, 11) is 5.08. The maximum absolute atomic E-state index is 14.2. The SMILES string of the molecule is CC[C@@H]1OC(=O)[C@H](C)C(=O)[C@H](C)[C@@H](O[C@@H]2O[C@H](CO)[C@H](N(C)C)[C@@H]2O)[C@@](C)(OC)C[C@@H](C)N[C@@H](C)[C@H]2N(CCCCn3cnc(-c4cccnc4)c3)C(=O)O[C@]12C. The predicted molar refractivity (Wildman–Crippen MR) is 210 cm³/mol. The molecule has 0 aromatic carbocycles. The molecule has 0 spiro atoms. The van der Waals surface area contributed by atoms with Gasteiger partial charge in [-0.15, -0.1) is 0 Å². The van der Waals surface area contributed by atoms with E-state index in [2.05, 4.69) is 15.3 Å². The van der Waals surface area contributed by atoms with E-state index in [-0.39, 0.29) is 18.7 Å². The molecule has 3 saturated heterocycles. The van der Waals surface area contributed by atoms with E-state index in [1.54, 1.807) is 49.5 Å². The fraction of sp³-hybridized carbons (Fsp3) is 0.732. The molecule has 57 heavy (non-hydrogen) atoms. The van der Waals surface area contributed by atoms with Gasteiger partial charge in [0, 0.05) is 62.4 Å². The number of likely N-dealkylation sites (N-methyl/N-ethyl adjacent to an activating group) is 1. The Balaban J connectivity index is 1.40. The zero-order valence-corrected chi connectivity index (χ0v) is 35.2. The standard InChI is InChI=1S/C41H64N6O10/c1-11-31-41(7)35(47(39(52)57-41)18-13-12-17-46-21-29(43-23-46)28-15-14-16-42-20-28)27(5)44-24(2)19-40(6,53-10)36(25(3)33(49)26(4)37(51)55-31)56-38-34(50)32(45(8)9)30(22-48)54-38/h14-16,20-21,23-27,30-32,34-36,38,44,48,50H,11-13,17-19,22H2,1-10H3/t24-,25+,26-,27+,30-,31+,32+,34+,35-,36-,38+,40+,41-/m1/s1. The Morgan fingerprint density at radius 1 is 1.11 bits per heavy atom. The van der Waals surface area contributed by atoms with Crippen LogP contribution in [0.25, 0.3) is 11.3 Å². The number of unbranched alkanes of at least 4 members (excludes halogenated alkanes) is 1. The second kappa shape index (κ2) is 18.6. The van der Waals surface area contributed by atoms with Gasteiger partial charge in [-0.05, 0) is 86.5 Å². The minimum absolute atomic E-state index is 0.257. The van der Waals surface area contributed by atoms with E-state index in [1.807, 2.05) is 57.5 Å². The molecule has 0 bridgehead atoms. The first-order valence-electron chi connectivity index (χ1n) is 20.2. The monoisotopic (exact) mass is 800 g/mol. The van der Waals surface area contributed by atoms with Gasteiger partial charge in [0.25, 0.3) is 0 Å². The quantitative estimate of drug-likeness (QED) is 0.162. The molecule has 0 radical (unpaired) electrons. The number of imidazole rings is 1. The van der Waals surface area contributed by atoms with Gasteiger partial charge in [0.15, 0.2) is 17.7 Å². The summed E-state index contributed by atoms with van der Waals surface area (Å²) < 4.78 is 33.1. The van der Waals surface area contributed by atoms with Gasteiger partial charge in [-0.25, -0.2) is 9.78 Å². The molecule has 2 aromatic rings. The van der Waals surface area contributed by atoms with Crippen molar-refractivity contribution in [3.63, 3.8) is 0 Å². The number of aryl methyl sites for hydroxylation is 1. The molecule has 3 N–H and O–H groups in total. The Morgan fingerprint density at radius 2 is 1.82 bits per heavy atom. The van der Waals surface area contributed by atoms with Crippen LogP contribution in [0, 0.1) is 11.8 Å². The number of pyridine rings is 1. The molecule has 3 aliphatic heterocycles. The average Bonchev–Trinajstić information content (AvgIpc) is 3.86. The van der Waals surface area contributed by atoms with Crippen molar-refractivity contribution < 1.29 is 48.3 Å². The Hall–Kier alpha value is -3.51. The summed E-state index contributed by atoms with van der Waals surface area (Å²) in [5, 5.41) is 25.1. The van der Waals surface area contributed by atoms with Crippen LogP contribution in [0.4, 0.5) is 4.79 Å². The Labute approximate surface area is 336 Å². The largest absolute Gasteiger partial charge is 0.458 e. The zero-order valence-electron chi connectivity index (χ0n) is 35.2. The number of nitrogens with zero attached hydrogens (tertiary/aromatic N) is 5. The third-order valence-corrected chi connectivity index (χ3v) is 12.2. The predicted octanol–water partition coefficient (Wildman–Crippen LogP) is 3.04. The highest BCUT2D eigenvalue weighted by Crippen LogP contribution is 2.40. The molecule has 0 saturated carbocycles. The van der Waals surface area contributed by atoms with Crippen molar-refractivity contribution in [3.8, 4) is 11.3 Å². The van der Waals surface area contributed by atoms with Gasteiger partial charge < -0.3 is 48.7 Å². The Bertz CT molecular complexity index is 1660. The molecule has 318 valence electrons. The summed E-state index contributed by atoms with van der Waals surface area (Å²) in [6.45, 7) is 13.4. The van der Waals surface area contributed by atoms with Crippen molar-refractivity contribution in [2.24, 2.45) is 11.8 Å². The number of rotatable bonds is 12. The molecule has 5 heterocycles. The van der Waals surface area contributed by atoms with E-state index in [9.17, 15) is 24.6 Å². The molecule has 3 fully saturated rings. The number of Topliss-reactive ketones (excluding diaryl/α,β-unsaturated/α-hetero) is 1. The Kier molecular flexibility index (Phi) is 14.6. The smallest absolute Gasteiger partial charge is 0.410 e. The number of aromatic nitrogens is 3. The normalized spacial score (nSPS) is 36.9. The van der Waals surface area contributed by atoms with Crippen LogP contribution in [-0.2, 0) is 39.8 Å². The topological polar surface area (TPSA) is 187 Å². The Morgan fingerprint density at radius 3 is 2.44 bits per heavy atom. The van der Waals surface area contributed by atoms with E-state index in [0.717, 1.165) is 17.7 Å². The van der Waals surface area contributed by atoms with Crippen LogP contribution in [0.3, 0.4) is 0 Å². The minimum Gasteiger partial charge on any atom is -0.458 e. The van der Waals surface area contributed by atoms with Crippen LogP contribution >= 0.6 is 0 Å². The third-order valence-electron chi connectivity index (χ3n) is 12.2. The second-order valence-corrected chi connectivity index (χ2v) is 16.7. The van der Waals surface area contributed by atoms with Crippen molar-refractivity contribution in [1.29, 1.82) is 0 Å². The molecule has 13 atom stereocenters. The minimum atomic E-state index is -1.24. The molecule has 16 nitrogen and oxygen atoms in total. The molecular weight excluding hydrogens is 736 g/mol. The molecule has 0 aliphatic carbocycles. The van der Waals surface area contributed by atoms with Gasteiger partial charge in [-0.3, -0.25) is 19.5 Å². The first-order valence-corrected chi connectivity index (χ1v) is 20.2. The van der Waals surface area contributed by atoms with Crippen molar-refractivity contribution in [3.05, 3.63) is 37.1 Å². The molecular formula is C41H64N6O10. The lowest BCUT2D eigenvalue weighted by Crippen LogP contribution is -2.62. The number of ether oxygens (including phenoxy) is 5. The van der Waals surface area contributed by atoms with E-state index >= 15 is 0 Å². The van der Waals surface area contributed by atoms with E-state index in [0.29, 0.717) is 32.4 Å². The summed E-state index contributed by atoms with van der Waals surface area (Å²) >= 11 is 0. The van der Waals surface area contributed by atoms with Crippen LogP contribution in [-0.4, -0.2) is 153 Å². The number of carbonyl (C=O) groups is 3. The van der Waals surface area contributed by atoms with Crippen LogP contribution in [0.5, 0.6) is 0 Å². The highest BCUT2D eigenvalue weighted by atomic mass is 16.7. The molecule has 5 rings (SSSR count). The summed E-state index contributed by atoms with van der Waals surface area (Å²) in [5.74, 6) is -3.31. The highest BCUT2D eigenvalue weighted by molar-refractivity contribution is 6.00. The first-order chi connectivity index (χ1) is 27.0. The number of cyclic esters (lactones) is 1. The number of hydrogen-bond acceptors (Lipinski definition) is 14. The average molecular weight is 801 g/mol. The van der Waals surface area contributed by atoms with Gasteiger partial charge in [0.2, 0.25) is 0 Å². The number of ketones is 1. The lowest BCUT2D eigenvalue weighted by molar-refractivity contribution is -0.245. The maximum Gasteiger partial charge on any atom is 0.410 e. The number of esters is 1. The van der Waals surface area contributed by atoms with Crippen LogP contribution < -0.4 is 5.32 Å². The number of amides is 1. The second-order valence-electron chi connectivity index (χ2n) is 16.7. The summed E-state index contributed by atoms with van der Waals surface area (Å²) in [4.78, 5) is 54.2. The highest BCUT2D eigenvalue weighted by Gasteiger charge is 2.59. The summed E-state index contributed by atoms with van der Waals surface area (Å²) in [6, 6.07) is 2.11. The van der Waals surface area contributed by atoms with Crippen molar-refractivity contribution in [1.82, 2.24) is 29.7 Å². The lowest BCUT2D eigenvalue weighted by atomic mass is 9.79. The van der Waals surface area contributed by atoms with Gasteiger partial charge in [-0.2, -0.15) is 0 Å². The number of nitrogens with one attached hydrogen (secondary N) is 1. The maximum atomic E-state index is 14.2. The molecule has 0 unspecified atom stereocenters. The first kappa shape index (κ1) is 44.6. The van der Waals surface area contributed by atoms with Crippen LogP contribution in [0.1, 0.15) is 74.1 Å². The molecule has 3 aliphatic rings. The van der Waals surface area contributed by atoms with Crippen LogP contribution in [0.15, 0.2) is 37.1 Å². The molecule has 1 amide bonds. The molecule has 2 aromatic heterocycles. The summed E-state index contributed by atoms with van der Waals surface area (Å²) in [6.07, 6.45) is 3.96. The number of carbonyl (C=O) groups excluding carboxylic acids is 3. The van der Waals surface area contributed by atoms with E-state index in [1.165, 1.54) is 14.0 Å². The lowest BCUT2D eigenvalue weighted by Gasteiger charge is -2.45. The number of fused-ring (bicyclic) bond motifs is 1. The molecule has 16 heteroatoms. The fourth-order valence-corrected chi connectivity index (χ4v) is 9.29. The van der Waals surface area contributed by atoms with E-state index < -0.39 is 83.7 Å². The number of hydrogen-bond donors (Lipinski definition) is 3. The number of methoxy groups -OCH3 is 1. The van der Waals surface area contributed by atoms with Crippen molar-refractivity contribution >= 4 is 17.8 Å². The van der Waals surface area contributed by atoms with Gasteiger partial charge in [0.1, 0.15) is 24.2 Å². The van der Waals surface area contributed by atoms with Crippen LogP contribution in [0.2, 0.25) is 0 Å². The van der Waals surface area contributed by atoms with Gasteiger partial charge in [-0.1, -0.05) is 13.8 Å². The third kappa shape index (κ3) is 9.37. The van der Waals surface area contributed by atoms with Gasteiger partial charge in [0.05, 0.1) is 42.4 Å². The van der Waals surface area contributed by atoms with E-state index in [4.69, 9.17) is 23.7 Å². The van der Waals surface area contributed by atoms with Gasteiger partial charge >= 0.3 is 12.1 Å². The van der Waals surface area contributed by atoms with Crippen molar-refractivity contribution in [2.45, 2.75) is 147 Å². The summed E-state index contributed by atoms with van der Waals surface area (Å²) in [5.41, 5.74) is -0.622.